The number of rotatable bonds is 10. The van der Waals surface area contributed by atoms with Crippen LogP contribution in [0, 0.1) is 0 Å². The highest BCUT2D eigenvalue weighted by Crippen LogP contribution is 2.37. The van der Waals surface area contributed by atoms with Gasteiger partial charge in [0.1, 0.15) is 0 Å². The van der Waals surface area contributed by atoms with Gasteiger partial charge in [0.05, 0.1) is 0 Å². The van der Waals surface area contributed by atoms with Gasteiger partial charge in [-0.2, -0.15) is 0 Å². The summed E-state index contributed by atoms with van der Waals surface area (Å²) in [5.74, 6) is 0.598. The third-order valence-electron chi connectivity index (χ3n) is 4.13. The molecule has 0 aromatic heterocycles. The van der Waals surface area contributed by atoms with Crippen LogP contribution in [0.2, 0.25) is 0 Å². The summed E-state index contributed by atoms with van der Waals surface area (Å²) in [6, 6.07) is 4.25. The molecule has 21 heavy (non-hydrogen) atoms. The number of anilines is 1. The molecule has 0 heterocycles. The summed E-state index contributed by atoms with van der Waals surface area (Å²) in [7, 11) is 0. The molecule has 0 amide bonds. The van der Waals surface area contributed by atoms with Crippen LogP contribution < -0.4 is 5.73 Å². The summed E-state index contributed by atoms with van der Waals surface area (Å²) in [4.78, 5) is 0. The van der Waals surface area contributed by atoms with Crippen LogP contribution >= 0.6 is 31.9 Å². The Balaban J connectivity index is 2.72. The van der Waals surface area contributed by atoms with E-state index >= 15 is 0 Å². The van der Waals surface area contributed by atoms with E-state index in [0.29, 0.717) is 5.92 Å². The second kappa shape index (κ2) is 10.7. The number of nitrogens with two attached hydrogens (primary N) is 1. The van der Waals surface area contributed by atoms with Crippen LogP contribution in [0.25, 0.3) is 0 Å². The molecule has 0 fully saturated rings. The topological polar surface area (TPSA) is 26.0 Å². The van der Waals surface area contributed by atoms with Crippen molar-refractivity contribution in [1.82, 2.24) is 0 Å². The molecule has 0 aliphatic rings. The van der Waals surface area contributed by atoms with Gasteiger partial charge >= 0.3 is 0 Å². The van der Waals surface area contributed by atoms with E-state index in [4.69, 9.17) is 5.73 Å². The fraction of sp³-hybridized carbons (Fsp3) is 0.667. The Morgan fingerprint density at radius 2 is 1.52 bits per heavy atom. The van der Waals surface area contributed by atoms with Crippen molar-refractivity contribution >= 4 is 37.5 Å². The third-order valence-corrected chi connectivity index (χ3v) is 5.24. The number of halogens is 2. The standard InChI is InChI=1S/C18H29Br2N/c1-3-5-7-8-9-11-14(10-6-4-2)16-12-15(19)13-17(20)18(16)21/h12-14H,3-11,21H2,1-2H3. The lowest BCUT2D eigenvalue weighted by atomic mass is 9.87. The molecule has 0 aliphatic carbocycles. The highest BCUT2D eigenvalue weighted by Gasteiger charge is 2.16. The number of unbranched alkanes of at least 4 members (excludes halogenated alkanes) is 5. The summed E-state index contributed by atoms with van der Waals surface area (Å²) in [5.41, 5.74) is 8.55. The van der Waals surface area contributed by atoms with E-state index in [1.54, 1.807) is 0 Å². The van der Waals surface area contributed by atoms with Gasteiger partial charge in [-0.25, -0.2) is 0 Å². The second-order valence-electron chi connectivity index (χ2n) is 5.93. The van der Waals surface area contributed by atoms with Crippen LogP contribution in [0.15, 0.2) is 21.1 Å². The number of nitrogen functional groups attached to an aromatic ring is 1. The van der Waals surface area contributed by atoms with Gasteiger partial charge in [0, 0.05) is 14.6 Å². The quantitative estimate of drug-likeness (QED) is 0.310. The van der Waals surface area contributed by atoms with Gasteiger partial charge < -0.3 is 5.73 Å². The first kappa shape index (κ1) is 19.0. The monoisotopic (exact) mass is 417 g/mol. The van der Waals surface area contributed by atoms with E-state index in [-0.39, 0.29) is 0 Å². The predicted molar refractivity (Wildman–Crippen MR) is 102 cm³/mol. The number of benzene rings is 1. The largest absolute Gasteiger partial charge is 0.398 e. The normalized spacial score (nSPS) is 12.6. The van der Waals surface area contributed by atoms with Gasteiger partial charge in [-0.3, -0.25) is 0 Å². The zero-order chi connectivity index (χ0) is 15.7. The van der Waals surface area contributed by atoms with E-state index in [1.807, 2.05) is 6.07 Å². The molecule has 1 aromatic carbocycles. The summed E-state index contributed by atoms with van der Waals surface area (Å²) >= 11 is 7.18. The lowest BCUT2D eigenvalue weighted by molar-refractivity contribution is 0.505. The van der Waals surface area contributed by atoms with Gasteiger partial charge in [-0.1, -0.05) is 74.7 Å². The molecular weight excluding hydrogens is 390 g/mol. The zero-order valence-corrected chi connectivity index (χ0v) is 16.6. The van der Waals surface area contributed by atoms with E-state index in [9.17, 15) is 0 Å². The van der Waals surface area contributed by atoms with Crippen molar-refractivity contribution < 1.29 is 0 Å². The molecular formula is C18H29Br2N. The molecule has 1 atom stereocenters. The Hall–Kier alpha value is -0.0200. The highest BCUT2D eigenvalue weighted by atomic mass is 79.9. The SMILES string of the molecule is CCCCCCCC(CCCC)c1cc(Br)cc(Br)c1N. The average Bonchev–Trinajstić information content (AvgIpc) is 2.46. The molecule has 120 valence electrons. The van der Waals surface area contributed by atoms with Crippen LogP contribution in [0.1, 0.15) is 83.1 Å². The van der Waals surface area contributed by atoms with Crippen molar-refractivity contribution in [3.05, 3.63) is 26.6 Å². The summed E-state index contributed by atoms with van der Waals surface area (Å²) < 4.78 is 2.13. The van der Waals surface area contributed by atoms with Gasteiger partial charge in [-0.15, -0.1) is 0 Å². The van der Waals surface area contributed by atoms with E-state index in [0.717, 1.165) is 14.6 Å². The molecule has 2 N–H and O–H groups in total. The van der Waals surface area contributed by atoms with Crippen LogP contribution in [0.4, 0.5) is 5.69 Å². The van der Waals surface area contributed by atoms with Crippen LogP contribution in [0.5, 0.6) is 0 Å². The summed E-state index contributed by atoms with van der Waals surface area (Å²) in [5, 5.41) is 0. The molecule has 0 radical (unpaired) electrons. The molecule has 0 saturated carbocycles. The van der Waals surface area contributed by atoms with Crippen LogP contribution in [-0.2, 0) is 0 Å². The molecule has 1 rings (SSSR count). The highest BCUT2D eigenvalue weighted by molar-refractivity contribution is 9.11. The molecule has 3 heteroatoms. The van der Waals surface area contributed by atoms with Crippen molar-refractivity contribution in [2.45, 2.75) is 77.6 Å². The predicted octanol–water partition coefficient (Wildman–Crippen LogP) is 7.43. The molecule has 0 spiro atoms. The number of hydrogen-bond acceptors (Lipinski definition) is 1. The summed E-state index contributed by atoms with van der Waals surface area (Å²) in [6.07, 6.45) is 11.8. The van der Waals surface area contributed by atoms with Crippen molar-refractivity contribution in [2.75, 3.05) is 5.73 Å². The first-order chi connectivity index (χ1) is 10.1. The van der Waals surface area contributed by atoms with E-state index < -0.39 is 0 Å². The lowest BCUT2D eigenvalue weighted by Crippen LogP contribution is -2.04. The first-order valence-electron chi connectivity index (χ1n) is 8.34. The minimum Gasteiger partial charge on any atom is -0.398 e. The molecule has 1 aromatic rings. The smallest absolute Gasteiger partial charge is 0.0494 e. The van der Waals surface area contributed by atoms with Crippen molar-refractivity contribution in [3.8, 4) is 0 Å². The van der Waals surface area contributed by atoms with Crippen molar-refractivity contribution in [1.29, 1.82) is 0 Å². The maximum Gasteiger partial charge on any atom is 0.0494 e. The minimum absolute atomic E-state index is 0.598. The molecule has 1 nitrogen and oxygen atoms in total. The first-order valence-corrected chi connectivity index (χ1v) is 9.93. The Kier molecular flexibility index (Phi) is 9.66. The zero-order valence-electron chi connectivity index (χ0n) is 13.4. The average molecular weight is 419 g/mol. The molecule has 0 saturated heterocycles. The molecule has 1 unspecified atom stereocenters. The Morgan fingerprint density at radius 3 is 2.19 bits per heavy atom. The number of hydrogen-bond donors (Lipinski definition) is 1. The Labute approximate surface area is 147 Å². The van der Waals surface area contributed by atoms with Gasteiger partial charge in [-0.05, 0) is 52.4 Å². The maximum atomic E-state index is 6.31. The Bertz CT molecular complexity index is 418. The Morgan fingerprint density at radius 1 is 0.905 bits per heavy atom. The summed E-state index contributed by atoms with van der Waals surface area (Å²) in [6.45, 7) is 4.53. The van der Waals surface area contributed by atoms with E-state index in [2.05, 4.69) is 51.8 Å². The van der Waals surface area contributed by atoms with Gasteiger partial charge in [0.25, 0.3) is 0 Å². The van der Waals surface area contributed by atoms with Crippen molar-refractivity contribution in [2.24, 2.45) is 0 Å². The minimum atomic E-state index is 0.598. The van der Waals surface area contributed by atoms with Crippen LogP contribution in [0.3, 0.4) is 0 Å². The molecule has 0 aliphatic heterocycles. The van der Waals surface area contributed by atoms with E-state index in [1.165, 1.54) is 63.4 Å². The van der Waals surface area contributed by atoms with Crippen LogP contribution in [-0.4, -0.2) is 0 Å². The van der Waals surface area contributed by atoms with Gasteiger partial charge in [0.15, 0.2) is 0 Å². The lowest BCUT2D eigenvalue weighted by Gasteiger charge is -2.20. The second-order valence-corrected chi connectivity index (χ2v) is 7.70. The fourth-order valence-electron chi connectivity index (χ4n) is 2.84. The van der Waals surface area contributed by atoms with Crippen molar-refractivity contribution in [3.63, 3.8) is 0 Å². The fourth-order valence-corrected chi connectivity index (χ4v) is 4.10. The third kappa shape index (κ3) is 6.73. The maximum absolute atomic E-state index is 6.31. The molecule has 0 bridgehead atoms. The van der Waals surface area contributed by atoms with Gasteiger partial charge in [0.2, 0.25) is 0 Å².